The second-order valence-electron chi connectivity index (χ2n) is 10.8. The fourth-order valence-corrected chi connectivity index (χ4v) is 4.98. The van der Waals surface area contributed by atoms with Crippen LogP contribution in [0.2, 0.25) is 0 Å². The number of amides is 5. The van der Waals surface area contributed by atoms with Gasteiger partial charge in [-0.3, -0.25) is 35.6 Å². The molecule has 0 radical (unpaired) electrons. The number of thiazole rings is 1. The number of aromatic nitrogens is 3. The van der Waals surface area contributed by atoms with E-state index < -0.39 is 47.5 Å². The number of hydrazine groups is 1. The minimum absolute atomic E-state index is 0.0111. The van der Waals surface area contributed by atoms with Crippen LogP contribution in [0.25, 0.3) is 21.7 Å². The second-order valence-corrected chi connectivity index (χ2v) is 11.6. The van der Waals surface area contributed by atoms with Crippen LogP contribution in [0.4, 0.5) is 28.6 Å². The van der Waals surface area contributed by atoms with Crippen molar-refractivity contribution in [3.8, 4) is 21.7 Å². The third-order valence-corrected chi connectivity index (χ3v) is 7.05. The van der Waals surface area contributed by atoms with Crippen LogP contribution in [0.15, 0.2) is 36.0 Å². The van der Waals surface area contributed by atoms with Crippen molar-refractivity contribution in [2.24, 2.45) is 0 Å². The van der Waals surface area contributed by atoms with Crippen molar-refractivity contribution in [2.45, 2.75) is 45.5 Å². The van der Waals surface area contributed by atoms with Gasteiger partial charge in [0, 0.05) is 42.0 Å². The van der Waals surface area contributed by atoms with E-state index in [0.717, 1.165) is 16.7 Å². The highest BCUT2D eigenvalue weighted by atomic mass is 32.1. The summed E-state index contributed by atoms with van der Waals surface area (Å²) in [5.41, 5.74) is 3.30. The molecule has 14 nitrogen and oxygen atoms in total. The van der Waals surface area contributed by atoms with Crippen molar-refractivity contribution in [3.63, 3.8) is 0 Å². The lowest BCUT2D eigenvalue weighted by atomic mass is 10.0. The zero-order chi connectivity index (χ0) is 33.6. The molecule has 0 saturated carbocycles. The number of hydrogen-bond acceptors (Lipinski definition) is 10. The highest BCUT2D eigenvalue weighted by molar-refractivity contribution is 7.13. The van der Waals surface area contributed by atoms with Gasteiger partial charge in [0.15, 0.2) is 5.69 Å². The second kappa shape index (κ2) is 14.1. The first kappa shape index (κ1) is 34.0. The Bertz CT molecular complexity index is 1610. The quantitative estimate of drug-likeness (QED) is 0.285. The summed E-state index contributed by atoms with van der Waals surface area (Å²) < 4.78 is 50.7. The zero-order valence-electron chi connectivity index (χ0n) is 25.2. The Hall–Kier alpha value is -4.84. The van der Waals surface area contributed by atoms with Gasteiger partial charge in [-0.2, -0.15) is 13.2 Å². The van der Waals surface area contributed by atoms with Gasteiger partial charge < -0.3 is 14.8 Å². The van der Waals surface area contributed by atoms with Crippen molar-refractivity contribution in [1.29, 1.82) is 0 Å². The number of ether oxygens (including phenoxy) is 2. The first-order valence-corrected chi connectivity index (χ1v) is 14.8. The normalized spacial score (nSPS) is 15.1. The van der Waals surface area contributed by atoms with Crippen LogP contribution in [-0.2, 0) is 20.4 Å². The van der Waals surface area contributed by atoms with Crippen LogP contribution in [-0.4, -0.2) is 81.7 Å². The van der Waals surface area contributed by atoms with Gasteiger partial charge in [-0.25, -0.2) is 19.6 Å². The van der Waals surface area contributed by atoms with Crippen LogP contribution in [0, 0.1) is 0 Å². The lowest BCUT2D eigenvalue weighted by Gasteiger charge is -2.35. The molecule has 4 rings (SSSR count). The molecule has 1 aliphatic heterocycles. The zero-order valence-corrected chi connectivity index (χ0v) is 26.0. The Morgan fingerprint density at radius 3 is 2.54 bits per heavy atom. The van der Waals surface area contributed by atoms with Crippen LogP contribution >= 0.6 is 11.3 Å². The topological polar surface area (TPSA) is 177 Å². The Labute approximate surface area is 265 Å². The molecule has 0 aromatic carbocycles. The molecule has 18 heteroatoms. The summed E-state index contributed by atoms with van der Waals surface area (Å²) in [5, 5.41) is 5.90. The Balaban J connectivity index is 1.56. The van der Waals surface area contributed by atoms with Crippen LogP contribution in [0.5, 0.6) is 0 Å². The lowest BCUT2D eigenvalue weighted by Crippen LogP contribution is -2.59. The summed E-state index contributed by atoms with van der Waals surface area (Å²) >= 11 is 0.740. The number of nitrogens with zero attached hydrogens (tertiary/aromatic N) is 4. The van der Waals surface area contributed by atoms with Gasteiger partial charge in [0.2, 0.25) is 0 Å². The molecule has 0 bridgehead atoms. The molecule has 0 unspecified atom stereocenters. The number of urea groups is 1. The molecular formula is C28H31F3N8O6S. The number of rotatable bonds is 6. The Morgan fingerprint density at radius 2 is 1.87 bits per heavy atom. The molecule has 1 aliphatic rings. The predicted octanol–water partition coefficient (Wildman–Crippen LogP) is 3.82. The van der Waals surface area contributed by atoms with Crippen molar-refractivity contribution in [2.75, 3.05) is 31.6 Å². The molecule has 246 valence electrons. The summed E-state index contributed by atoms with van der Waals surface area (Å²) in [6.07, 6.45) is -2.78. The maximum atomic E-state index is 13.3. The number of halogens is 3. The van der Waals surface area contributed by atoms with Crippen molar-refractivity contribution in [3.05, 3.63) is 47.4 Å². The maximum absolute atomic E-state index is 13.3. The number of hydrogen-bond donors (Lipinski definition) is 4. The first-order chi connectivity index (χ1) is 21.7. The minimum Gasteiger partial charge on any atom is -0.444 e. The molecule has 46 heavy (non-hydrogen) atoms. The predicted molar refractivity (Wildman–Crippen MR) is 159 cm³/mol. The molecule has 5 amide bonds. The monoisotopic (exact) mass is 664 g/mol. The number of morpholine rings is 1. The highest BCUT2D eigenvalue weighted by Gasteiger charge is 2.36. The molecule has 3 aromatic heterocycles. The summed E-state index contributed by atoms with van der Waals surface area (Å²) in [5.74, 6) is -1.51. The molecule has 1 saturated heterocycles. The van der Waals surface area contributed by atoms with Crippen molar-refractivity contribution >= 4 is 41.1 Å². The smallest absolute Gasteiger partial charge is 0.434 e. The molecular weight excluding hydrogens is 633 g/mol. The number of alkyl halides is 3. The summed E-state index contributed by atoms with van der Waals surface area (Å²) in [6, 6.07) is 2.56. The number of pyridine rings is 2. The van der Waals surface area contributed by atoms with Gasteiger partial charge in [-0.15, -0.1) is 11.3 Å². The van der Waals surface area contributed by atoms with E-state index in [1.165, 1.54) is 35.5 Å². The fraction of sp³-hybridized carbons (Fsp3) is 0.393. The van der Waals surface area contributed by atoms with E-state index in [2.05, 4.69) is 36.4 Å². The number of carbonyl (C=O) groups is 4. The summed E-state index contributed by atoms with van der Waals surface area (Å²) in [7, 11) is 0. The molecule has 3 aromatic rings. The largest absolute Gasteiger partial charge is 0.444 e. The molecule has 4 N–H and O–H groups in total. The summed E-state index contributed by atoms with van der Waals surface area (Å²) in [6.45, 7) is 7.28. The summed E-state index contributed by atoms with van der Waals surface area (Å²) in [4.78, 5) is 63.8. The standard InChI is InChI=1S/C28H31F3N8O6S/c1-5-32-25(42)36-21-11-16(24-35-20(14-46-24)28(29,30)31)17(12-34-21)15-6-7-33-18(10-15)22(40)37-38-23(41)19-13-44-9-8-39(19)26(43)45-27(2,3)4/h6-7,10-12,14,19H,5,8-9,13H2,1-4H3,(H,37,40)(H,38,41)(H2,32,34,36,42)/t19-/m1/s1. The van der Waals surface area contributed by atoms with Crippen LogP contribution < -0.4 is 21.5 Å². The van der Waals surface area contributed by atoms with E-state index in [4.69, 9.17) is 9.47 Å². The number of nitrogens with one attached hydrogen (secondary N) is 4. The average Bonchev–Trinajstić information content (AvgIpc) is 3.50. The molecule has 4 heterocycles. The maximum Gasteiger partial charge on any atom is 0.434 e. The minimum atomic E-state index is -4.68. The molecule has 0 aliphatic carbocycles. The van der Waals surface area contributed by atoms with Gasteiger partial charge in [0.1, 0.15) is 28.2 Å². The van der Waals surface area contributed by atoms with E-state index in [1.807, 2.05) is 0 Å². The van der Waals surface area contributed by atoms with Gasteiger partial charge in [-0.05, 0) is 51.5 Å². The molecule has 1 atom stereocenters. The van der Waals surface area contributed by atoms with Gasteiger partial charge >= 0.3 is 18.3 Å². The van der Waals surface area contributed by atoms with Crippen LogP contribution in [0.1, 0.15) is 43.9 Å². The van der Waals surface area contributed by atoms with Crippen molar-refractivity contribution in [1.82, 2.24) is 36.0 Å². The van der Waals surface area contributed by atoms with Crippen LogP contribution in [0.3, 0.4) is 0 Å². The van der Waals surface area contributed by atoms with Gasteiger partial charge in [-0.1, -0.05) is 0 Å². The van der Waals surface area contributed by atoms with Crippen molar-refractivity contribution < 1.29 is 41.8 Å². The molecule has 0 spiro atoms. The average molecular weight is 665 g/mol. The Morgan fingerprint density at radius 1 is 1.11 bits per heavy atom. The van der Waals surface area contributed by atoms with E-state index in [0.29, 0.717) is 12.1 Å². The molecule has 1 fully saturated rings. The first-order valence-electron chi connectivity index (χ1n) is 13.9. The highest BCUT2D eigenvalue weighted by Crippen LogP contribution is 2.38. The number of carbonyl (C=O) groups excluding carboxylic acids is 4. The lowest BCUT2D eigenvalue weighted by molar-refractivity contribution is -0.140. The number of anilines is 1. The SMILES string of the molecule is CCNC(=O)Nc1cc(-c2nc(C(F)(F)F)cs2)c(-c2ccnc(C(=O)NNC(=O)[C@H]3COCCN3C(=O)OC(C)(C)C)c2)cn1. The fourth-order valence-electron chi connectivity index (χ4n) is 4.13. The van der Waals surface area contributed by atoms with E-state index in [1.54, 1.807) is 27.7 Å². The van der Waals surface area contributed by atoms with E-state index in [9.17, 15) is 32.3 Å². The van der Waals surface area contributed by atoms with E-state index >= 15 is 0 Å². The van der Waals surface area contributed by atoms with E-state index in [-0.39, 0.29) is 47.4 Å². The van der Waals surface area contributed by atoms with Gasteiger partial charge in [0.05, 0.1) is 13.2 Å². The third-order valence-electron chi connectivity index (χ3n) is 6.17. The Kier molecular flexibility index (Phi) is 10.4. The van der Waals surface area contributed by atoms with Gasteiger partial charge in [0.25, 0.3) is 11.8 Å². The third kappa shape index (κ3) is 8.66.